The maximum Gasteiger partial charge on any atom is 0.0346 e. The van der Waals surface area contributed by atoms with E-state index in [1.54, 1.807) is 0 Å². The van der Waals surface area contributed by atoms with Crippen LogP contribution in [0, 0.1) is 6.92 Å². The lowest BCUT2D eigenvalue weighted by atomic mass is 10.1. The Kier molecular flexibility index (Phi) is 4.08. The Morgan fingerprint density at radius 2 is 1.86 bits per heavy atom. The molecule has 0 N–H and O–H groups in total. The fourth-order valence-corrected chi connectivity index (χ4v) is 2.05. The molecule has 2 heteroatoms. The molecule has 0 unspecified atom stereocenters. The third-order valence-electron chi connectivity index (χ3n) is 1.92. The zero-order valence-corrected chi connectivity index (χ0v) is 10.3. The number of fused-ring (bicyclic) bond motifs is 1. The molecule has 0 aliphatic heterocycles. The van der Waals surface area contributed by atoms with Gasteiger partial charge in [-0.3, -0.25) is 4.98 Å². The van der Waals surface area contributed by atoms with E-state index in [2.05, 4.69) is 40.0 Å². The molecule has 0 spiro atoms. The lowest BCUT2D eigenvalue weighted by Gasteiger charge is -2.02. The molecule has 1 nitrogen and oxygen atoms in total. The number of nitrogens with zero attached hydrogens (tertiary/aromatic N) is 1. The molecule has 2 rings (SSSR count). The van der Waals surface area contributed by atoms with Crippen molar-refractivity contribution in [3.63, 3.8) is 0 Å². The van der Waals surface area contributed by atoms with Crippen LogP contribution in [-0.4, -0.2) is 4.98 Å². The predicted molar refractivity (Wildman–Crippen MR) is 65.5 cm³/mol. The topological polar surface area (TPSA) is 12.9 Å². The summed E-state index contributed by atoms with van der Waals surface area (Å²) in [4.78, 5) is 4.13. The van der Waals surface area contributed by atoms with Gasteiger partial charge in [-0.25, -0.2) is 0 Å². The van der Waals surface area contributed by atoms with E-state index >= 15 is 0 Å². The number of benzene rings is 1. The first-order valence-electron chi connectivity index (χ1n) is 4.78. The lowest BCUT2D eigenvalue weighted by molar-refractivity contribution is 1.31. The first kappa shape index (κ1) is 11.2. The standard InChI is InChI=1S/C10H8BrN.C2H6/c1-7-5-12-6-8-3-2-4-9(11)10(7)8;1-2/h2-6H,1H3;1-2H3. The second-order valence-corrected chi connectivity index (χ2v) is 3.65. The molecule has 1 aromatic heterocycles. The number of aryl methyl sites for hydroxylation is 1. The number of hydrogen-bond acceptors (Lipinski definition) is 1. The Morgan fingerprint density at radius 1 is 1.14 bits per heavy atom. The third-order valence-corrected chi connectivity index (χ3v) is 2.58. The monoisotopic (exact) mass is 251 g/mol. The summed E-state index contributed by atoms with van der Waals surface area (Å²) in [6, 6.07) is 6.14. The Hall–Kier alpha value is -0.890. The molecular formula is C12H14BrN. The molecule has 0 amide bonds. The Balaban J connectivity index is 0.000000461. The summed E-state index contributed by atoms with van der Waals surface area (Å²) >= 11 is 3.52. The summed E-state index contributed by atoms with van der Waals surface area (Å²) in [5.41, 5.74) is 1.21. The summed E-state index contributed by atoms with van der Waals surface area (Å²) in [5, 5.41) is 2.44. The van der Waals surface area contributed by atoms with E-state index < -0.39 is 0 Å². The van der Waals surface area contributed by atoms with Crippen molar-refractivity contribution in [2.45, 2.75) is 20.8 Å². The van der Waals surface area contributed by atoms with Crippen molar-refractivity contribution in [2.75, 3.05) is 0 Å². The maximum atomic E-state index is 4.13. The van der Waals surface area contributed by atoms with Crippen molar-refractivity contribution in [2.24, 2.45) is 0 Å². The SMILES string of the molecule is CC.Cc1cncc2cccc(Br)c12. The summed E-state index contributed by atoms with van der Waals surface area (Å²) in [7, 11) is 0. The van der Waals surface area contributed by atoms with Gasteiger partial charge in [0.05, 0.1) is 0 Å². The van der Waals surface area contributed by atoms with Crippen LogP contribution in [0.3, 0.4) is 0 Å². The zero-order valence-electron chi connectivity index (χ0n) is 8.71. The highest BCUT2D eigenvalue weighted by Gasteiger charge is 1.99. The van der Waals surface area contributed by atoms with E-state index in [0.29, 0.717) is 0 Å². The van der Waals surface area contributed by atoms with Crippen molar-refractivity contribution in [3.05, 3.63) is 40.6 Å². The molecule has 0 aliphatic rings. The highest BCUT2D eigenvalue weighted by molar-refractivity contribution is 9.10. The van der Waals surface area contributed by atoms with Crippen LogP contribution in [0.15, 0.2) is 35.1 Å². The minimum Gasteiger partial charge on any atom is -0.264 e. The number of aromatic nitrogens is 1. The third kappa shape index (κ3) is 2.13. The van der Waals surface area contributed by atoms with E-state index in [-0.39, 0.29) is 0 Å². The Labute approximate surface area is 93.3 Å². The normalized spacial score (nSPS) is 9.43. The average Bonchev–Trinajstić information content (AvgIpc) is 2.21. The Morgan fingerprint density at radius 3 is 2.50 bits per heavy atom. The van der Waals surface area contributed by atoms with Crippen molar-refractivity contribution in [1.29, 1.82) is 0 Å². The molecule has 0 fully saturated rings. The van der Waals surface area contributed by atoms with Crippen LogP contribution in [0.1, 0.15) is 19.4 Å². The van der Waals surface area contributed by atoms with Gasteiger partial charge < -0.3 is 0 Å². The highest BCUT2D eigenvalue weighted by Crippen LogP contribution is 2.25. The number of pyridine rings is 1. The molecule has 0 aliphatic carbocycles. The summed E-state index contributed by atoms with van der Waals surface area (Å²) in [6.45, 7) is 6.07. The smallest absolute Gasteiger partial charge is 0.0346 e. The van der Waals surface area contributed by atoms with Gasteiger partial charge in [0, 0.05) is 27.6 Å². The van der Waals surface area contributed by atoms with E-state index in [9.17, 15) is 0 Å². The van der Waals surface area contributed by atoms with Crippen LogP contribution in [0.2, 0.25) is 0 Å². The van der Waals surface area contributed by atoms with Gasteiger partial charge in [-0.05, 0) is 18.6 Å². The van der Waals surface area contributed by atoms with Crippen LogP contribution >= 0.6 is 15.9 Å². The summed E-state index contributed by atoms with van der Waals surface area (Å²) in [6.07, 6.45) is 3.76. The van der Waals surface area contributed by atoms with Crippen LogP contribution in [-0.2, 0) is 0 Å². The highest BCUT2D eigenvalue weighted by atomic mass is 79.9. The van der Waals surface area contributed by atoms with Gasteiger partial charge in [-0.15, -0.1) is 0 Å². The quantitative estimate of drug-likeness (QED) is 0.679. The number of halogens is 1. The molecular weight excluding hydrogens is 238 g/mol. The fraction of sp³-hybridized carbons (Fsp3) is 0.250. The van der Waals surface area contributed by atoms with Crippen LogP contribution in [0.4, 0.5) is 0 Å². The maximum absolute atomic E-state index is 4.13. The number of rotatable bonds is 0. The largest absolute Gasteiger partial charge is 0.264 e. The first-order valence-corrected chi connectivity index (χ1v) is 5.57. The summed E-state index contributed by atoms with van der Waals surface area (Å²) < 4.78 is 1.14. The van der Waals surface area contributed by atoms with Crippen LogP contribution in [0.25, 0.3) is 10.8 Å². The lowest BCUT2D eigenvalue weighted by Crippen LogP contribution is -1.81. The molecule has 74 valence electrons. The molecule has 0 bridgehead atoms. The molecule has 0 saturated heterocycles. The van der Waals surface area contributed by atoms with Gasteiger partial charge in [0.1, 0.15) is 0 Å². The minimum absolute atomic E-state index is 1.14. The Bertz CT molecular complexity index is 387. The second-order valence-electron chi connectivity index (χ2n) is 2.79. The van der Waals surface area contributed by atoms with Crippen molar-refractivity contribution in [3.8, 4) is 0 Å². The van der Waals surface area contributed by atoms with Gasteiger partial charge in [-0.2, -0.15) is 0 Å². The van der Waals surface area contributed by atoms with Gasteiger partial charge in [-0.1, -0.05) is 41.9 Å². The molecule has 1 aromatic carbocycles. The van der Waals surface area contributed by atoms with E-state index in [1.165, 1.54) is 16.3 Å². The minimum atomic E-state index is 1.14. The van der Waals surface area contributed by atoms with Gasteiger partial charge in [0.15, 0.2) is 0 Å². The molecule has 2 aromatic rings. The van der Waals surface area contributed by atoms with Crippen molar-refractivity contribution >= 4 is 26.7 Å². The van der Waals surface area contributed by atoms with Crippen molar-refractivity contribution in [1.82, 2.24) is 4.98 Å². The van der Waals surface area contributed by atoms with Gasteiger partial charge >= 0.3 is 0 Å². The van der Waals surface area contributed by atoms with Crippen LogP contribution < -0.4 is 0 Å². The van der Waals surface area contributed by atoms with E-state index in [1.807, 2.05) is 32.3 Å². The molecule has 0 saturated carbocycles. The molecule has 14 heavy (non-hydrogen) atoms. The fourth-order valence-electron chi connectivity index (χ4n) is 1.36. The average molecular weight is 252 g/mol. The molecule has 0 radical (unpaired) electrons. The van der Waals surface area contributed by atoms with E-state index in [0.717, 1.165) is 4.47 Å². The van der Waals surface area contributed by atoms with E-state index in [4.69, 9.17) is 0 Å². The second kappa shape index (κ2) is 5.11. The zero-order chi connectivity index (χ0) is 10.6. The first-order chi connectivity index (χ1) is 6.79. The number of hydrogen-bond donors (Lipinski definition) is 0. The van der Waals surface area contributed by atoms with Gasteiger partial charge in [0.2, 0.25) is 0 Å². The van der Waals surface area contributed by atoms with Gasteiger partial charge in [0.25, 0.3) is 0 Å². The van der Waals surface area contributed by atoms with Crippen LogP contribution in [0.5, 0.6) is 0 Å². The summed E-state index contributed by atoms with van der Waals surface area (Å²) in [5.74, 6) is 0. The predicted octanol–water partition coefficient (Wildman–Crippen LogP) is 4.33. The molecule has 0 atom stereocenters. The van der Waals surface area contributed by atoms with Crippen molar-refractivity contribution < 1.29 is 0 Å². The molecule has 1 heterocycles.